The van der Waals surface area contributed by atoms with Crippen LogP contribution >= 0.6 is 34.8 Å². The van der Waals surface area contributed by atoms with Crippen LogP contribution in [0, 0.1) is 0 Å². The Labute approximate surface area is 95.3 Å². The Hall–Kier alpha value is -0.200. The SMILES string of the molecule is O=S(=O)(O)Oc1c(Cl)cc(Cl)cc1Cl. The fourth-order valence-electron chi connectivity index (χ4n) is 0.714. The molecule has 1 N–H and O–H groups in total. The molecule has 0 aliphatic heterocycles. The van der Waals surface area contributed by atoms with Gasteiger partial charge < -0.3 is 4.18 Å². The second kappa shape index (κ2) is 4.12. The summed E-state index contributed by atoms with van der Waals surface area (Å²) in [7, 11) is -4.65. The van der Waals surface area contributed by atoms with Gasteiger partial charge in [-0.25, -0.2) is 0 Å². The second-order valence-corrected chi connectivity index (χ2v) is 4.48. The molecule has 0 fully saturated rings. The van der Waals surface area contributed by atoms with Crippen molar-refractivity contribution in [2.24, 2.45) is 0 Å². The summed E-state index contributed by atoms with van der Waals surface area (Å²) < 4.78 is 33.3. The van der Waals surface area contributed by atoms with Crippen molar-refractivity contribution in [2.75, 3.05) is 0 Å². The van der Waals surface area contributed by atoms with Crippen LogP contribution < -0.4 is 4.18 Å². The van der Waals surface area contributed by atoms with Gasteiger partial charge in [0, 0.05) is 5.02 Å². The molecule has 0 radical (unpaired) electrons. The molecule has 1 rings (SSSR count). The van der Waals surface area contributed by atoms with Crippen molar-refractivity contribution in [3.63, 3.8) is 0 Å². The van der Waals surface area contributed by atoms with E-state index in [4.69, 9.17) is 39.4 Å². The van der Waals surface area contributed by atoms with E-state index in [9.17, 15) is 8.42 Å². The summed E-state index contributed by atoms with van der Waals surface area (Å²) in [5.74, 6) is -0.361. The third-order valence-electron chi connectivity index (χ3n) is 1.15. The van der Waals surface area contributed by atoms with Gasteiger partial charge in [0.1, 0.15) is 0 Å². The molecule has 0 amide bonds. The van der Waals surface area contributed by atoms with Gasteiger partial charge in [-0.1, -0.05) is 34.8 Å². The lowest BCUT2D eigenvalue weighted by atomic mass is 10.3. The van der Waals surface area contributed by atoms with Crippen molar-refractivity contribution < 1.29 is 17.2 Å². The summed E-state index contributed by atoms with van der Waals surface area (Å²) in [6.07, 6.45) is 0. The quantitative estimate of drug-likeness (QED) is 0.844. The van der Waals surface area contributed by atoms with E-state index in [0.717, 1.165) is 0 Å². The van der Waals surface area contributed by atoms with Gasteiger partial charge in [0.15, 0.2) is 5.75 Å². The Balaban J connectivity index is 3.22. The topological polar surface area (TPSA) is 63.6 Å². The van der Waals surface area contributed by atoms with Crippen LogP contribution in [0.2, 0.25) is 15.1 Å². The molecule has 8 heteroatoms. The molecule has 0 saturated heterocycles. The van der Waals surface area contributed by atoms with E-state index in [2.05, 4.69) is 4.18 Å². The van der Waals surface area contributed by atoms with Gasteiger partial charge in [-0.3, -0.25) is 4.55 Å². The second-order valence-electron chi connectivity index (χ2n) is 2.21. The highest BCUT2D eigenvalue weighted by atomic mass is 35.5. The van der Waals surface area contributed by atoms with Gasteiger partial charge in [0.2, 0.25) is 0 Å². The van der Waals surface area contributed by atoms with E-state index in [-0.39, 0.29) is 20.8 Å². The van der Waals surface area contributed by atoms with E-state index < -0.39 is 10.4 Å². The number of hydrogen-bond donors (Lipinski definition) is 1. The minimum absolute atomic E-state index is 0.111. The molecule has 14 heavy (non-hydrogen) atoms. The van der Waals surface area contributed by atoms with Gasteiger partial charge in [-0.15, -0.1) is 0 Å². The van der Waals surface area contributed by atoms with E-state index >= 15 is 0 Å². The molecule has 0 aromatic heterocycles. The Kier molecular flexibility index (Phi) is 3.49. The summed E-state index contributed by atoms with van der Waals surface area (Å²) in [6.45, 7) is 0. The van der Waals surface area contributed by atoms with Crippen LogP contribution in [0.1, 0.15) is 0 Å². The zero-order valence-corrected chi connectivity index (χ0v) is 9.45. The number of benzene rings is 1. The first kappa shape index (κ1) is 11.9. The molecule has 0 spiro atoms. The van der Waals surface area contributed by atoms with Crippen LogP contribution in [0.5, 0.6) is 5.75 Å². The van der Waals surface area contributed by atoms with Crippen LogP contribution in [0.3, 0.4) is 0 Å². The van der Waals surface area contributed by atoms with Crippen molar-refractivity contribution in [3.05, 3.63) is 27.2 Å². The van der Waals surface area contributed by atoms with Crippen molar-refractivity contribution in [2.45, 2.75) is 0 Å². The van der Waals surface area contributed by atoms with Crippen molar-refractivity contribution in [3.8, 4) is 5.75 Å². The summed E-state index contributed by atoms with van der Waals surface area (Å²) in [5, 5.41) is 0.00272. The minimum Gasteiger partial charge on any atom is -0.359 e. The average molecular weight is 278 g/mol. The fraction of sp³-hybridized carbons (Fsp3) is 0. The van der Waals surface area contributed by atoms with Crippen LogP contribution in [-0.2, 0) is 10.4 Å². The lowest BCUT2D eigenvalue weighted by Gasteiger charge is -2.06. The number of hydrogen-bond acceptors (Lipinski definition) is 3. The summed E-state index contributed by atoms with van der Waals surface area (Å²) >= 11 is 16.7. The molecule has 0 saturated carbocycles. The normalized spacial score (nSPS) is 11.4. The van der Waals surface area contributed by atoms with Crippen LogP contribution in [0.25, 0.3) is 0 Å². The highest BCUT2D eigenvalue weighted by Crippen LogP contribution is 2.36. The first-order valence-corrected chi connectivity index (χ1v) is 5.61. The predicted octanol–water partition coefficient (Wildman–Crippen LogP) is 2.83. The fourth-order valence-corrected chi connectivity index (χ4v) is 2.09. The van der Waals surface area contributed by atoms with E-state index in [1.165, 1.54) is 12.1 Å². The van der Waals surface area contributed by atoms with Crippen LogP contribution in [0.15, 0.2) is 12.1 Å². The number of rotatable bonds is 2. The first-order valence-electron chi connectivity index (χ1n) is 3.11. The largest absolute Gasteiger partial charge is 0.446 e. The maximum absolute atomic E-state index is 10.4. The third-order valence-corrected chi connectivity index (χ3v) is 2.31. The summed E-state index contributed by atoms with van der Waals surface area (Å²) in [5.41, 5.74) is 0. The Morgan fingerprint density at radius 3 is 1.93 bits per heavy atom. The number of halogens is 3. The minimum atomic E-state index is -4.65. The zero-order chi connectivity index (χ0) is 10.9. The molecule has 0 heterocycles. The molecule has 0 unspecified atom stereocenters. The van der Waals surface area contributed by atoms with E-state index in [0.29, 0.717) is 0 Å². The third kappa shape index (κ3) is 3.18. The van der Waals surface area contributed by atoms with Crippen LogP contribution in [0.4, 0.5) is 0 Å². The smallest absolute Gasteiger partial charge is 0.359 e. The molecule has 0 aliphatic carbocycles. The molecular formula is C6H3Cl3O4S. The van der Waals surface area contributed by atoms with Gasteiger partial charge in [-0.2, -0.15) is 8.42 Å². The van der Waals surface area contributed by atoms with Gasteiger partial charge in [0.25, 0.3) is 0 Å². The van der Waals surface area contributed by atoms with Crippen molar-refractivity contribution >= 4 is 45.2 Å². The summed E-state index contributed by atoms with van der Waals surface area (Å²) in [6, 6.07) is 2.46. The maximum atomic E-state index is 10.4. The van der Waals surface area contributed by atoms with Crippen LogP contribution in [-0.4, -0.2) is 13.0 Å². The molecule has 1 aromatic rings. The lowest BCUT2D eigenvalue weighted by molar-refractivity contribution is 0.387. The first-order chi connectivity index (χ1) is 6.29. The monoisotopic (exact) mass is 276 g/mol. The average Bonchev–Trinajstić information content (AvgIpc) is 1.95. The molecular weight excluding hydrogens is 274 g/mol. The zero-order valence-electron chi connectivity index (χ0n) is 6.37. The highest BCUT2D eigenvalue weighted by Gasteiger charge is 2.15. The molecule has 0 aliphatic rings. The summed E-state index contributed by atoms with van der Waals surface area (Å²) in [4.78, 5) is 0. The Morgan fingerprint density at radius 1 is 1.14 bits per heavy atom. The molecule has 4 nitrogen and oxygen atoms in total. The predicted molar refractivity (Wildman–Crippen MR) is 53.6 cm³/mol. The Bertz CT molecular complexity index is 433. The van der Waals surface area contributed by atoms with Crippen molar-refractivity contribution in [1.82, 2.24) is 0 Å². The lowest BCUT2D eigenvalue weighted by Crippen LogP contribution is -2.07. The van der Waals surface area contributed by atoms with Gasteiger partial charge in [-0.05, 0) is 12.1 Å². The highest BCUT2D eigenvalue weighted by molar-refractivity contribution is 7.81. The van der Waals surface area contributed by atoms with E-state index in [1.807, 2.05) is 0 Å². The molecule has 0 atom stereocenters. The Morgan fingerprint density at radius 2 is 1.57 bits per heavy atom. The standard InChI is InChI=1S/C6H3Cl3O4S/c7-3-1-4(8)6(5(9)2-3)13-14(10,11)12/h1-2H,(H,10,11,12). The van der Waals surface area contributed by atoms with Gasteiger partial charge in [0.05, 0.1) is 10.0 Å². The van der Waals surface area contributed by atoms with Crippen molar-refractivity contribution in [1.29, 1.82) is 0 Å². The maximum Gasteiger partial charge on any atom is 0.446 e. The molecule has 78 valence electrons. The molecule has 0 bridgehead atoms. The molecule has 1 aromatic carbocycles. The van der Waals surface area contributed by atoms with E-state index in [1.54, 1.807) is 0 Å². The van der Waals surface area contributed by atoms with Gasteiger partial charge >= 0.3 is 10.4 Å².